The summed E-state index contributed by atoms with van der Waals surface area (Å²) in [6.07, 6.45) is 1.80. The molecule has 9 nitrogen and oxygen atoms in total. The molecular weight excluding hydrogens is 406 g/mol. The van der Waals surface area contributed by atoms with E-state index in [9.17, 15) is 0 Å². The molecule has 4 aromatic rings. The molecule has 154 valence electrons. The third-order valence-corrected chi connectivity index (χ3v) is 4.65. The topological polar surface area (TPSA) is 114 Å². The van der Waals surface area contributed by atoms with Gasteiger partial charge in [-0.15, -0.1) is 5.10 Å². The largest absolute Gasteiger partial charge is 0.382 e. The highest BCUT2D eigenvalue weighted by Crippen LogP contribution is 2.29. The summed E-state index contributed by atoms with van der Waals surface area (Å²) in [6.45, 7) is 1.95. The van der Waals surface area contributed by atoms with E-state index in [-0.39, 0.29) is 5.95 Å². The van der Waals surface area contributed by atoms with Crippen molar-refractivity contribution in [1.82, 2.24) is 29.9 Å². The Balaban J connectivity index is 1.55. The number of fused-ring (bicyclic) bond motifs is 1. The normalized spacial score (nSPS) is 11.3. The Labute approximate surface area is 177 Å². The van der Waals surface area contributed by atoms with Crippen LogP contribution in [0.2, 0.25) is 5.02 Å². The standard InChI is InChI=1S/C20H20ClN7O2/c1-29-8-9-30-12-14-5-2-4-13(23-14)10-28-11-17(26-27-28)19-15-6-3-7-16(21)18(15)24-20(22)25-19/h2-7,11H,8-10,12H2,1H3,(H2,22,24,25). The molecule has 0 aliphatic carbocycles. The van der Waals surface area contributed by atoms with Crippen LogP contribution in [0.3, 0.4) is 0 Å². The molecule has 0 radical (unpaired) electrons. The van der Waals surface area contributed by atoms with Gasteiger partial charge in [-0.2, -0.15) is 0 Å². The molecule has 0 atom stereocenters. The summed E-state index contributed by atoms with van der Waals surface area (Å²) >= 11 is 6.26. The van der Waals surface area contributed by atoms with Crippen LogP contribution in [0.25, 0.3) is 22.3 Å². The highest BCUT2D eigenvalue weighted by atomic mass is 35.5. The van der Waals surface area contributed by atoms with Gasteiger partial charge >= 0.3 is 0 Å². The van der Waals surface area contributed by atoms with Gasteiger partial charge < -0.3 is 15.2 Å². The van der Waals surface area contributed by atoms with Crippen LogP contribution in [0.1, 0.15) is 11.4 Å². The second-order valence-electron chi connectivity index (χ2n) is 6.53. The summed E-state index contributed by atoms with van der Waals surface area (Å²) < 4.78 is 12.2. The molecule has 3 aromatic heterocycles. The van der Waals surface area contributed by atoms with E-state index in [2.05, 4.69) is 25.3 Å². The van der Waals surface area contributed by atoms with Crippen LogP contribution in [0.15, 0.2) is 42.6 Å². The van der Waals surface area contributed by atoms with Crippen molar-refractivity contribution in [1.29, 1.82) is 0 Å². The molecule has 0 fully saturated rings. The lowest BCUT2D eigenvalue weighted by molar-refractivity contribution is 0.0601. The highest BCUT2D eigenvalue weighted by Gasteiger charge is 2.14. The van der Waals surface area contributed by atoms with Crippen LogP contribution in [-0.4, -0.2) is 50.3 Å². The van der Waals surface area contributed by atoms with Gasteiger partial charge in [0.1, 0.15) is 11.4 Å². The Morgan fingerprint density at radius 3 is 2.73 bits per heavy atom. The number of ether oxygens (including phenoxy) is 2. The molecule has 3 heterocycles. The van der Waals surface area contributed by atoms with Crippen molar-refractivity contribution < 1.29 is 9.47 Å². The fourth-order valence-corrected chi connectivity index (χ4v) is 3.21. The van der Waals surface area contributed by atoms with Gasteiger partial charge in [-0.3, -0.25) is 4.98 Å². The molecule has 0 unspecified atom stereocenters. The third-order valence-electron chi connectivity index (χ3n) is 4.35. The van der Waals surface area contributed by atoms with Crippen molar-refractivity contribution in [3.8, 4) is 11.4 Å². The van der Waals surface area contributed by atoms with Gasteiger partial charge in [0, 0.05) is 12.5 Å². The summed E-state index contributed by atoms with van der Waals surface area (Å²) in [6, 6.07) is 11.3. The first kappa shape index (κ1) is 20.1. The Hall–Kier alpha value is -3.14. The predicted molar refractivity (Wildman–Crippen MR) is 113 cm³/mol. The van der Waals surface area contributed by atoms with Gasteiger partial charge in [-0.05, 0) is 18.2 Å². The molecule has 0 bridgehead atoms. The number of benzene rings is 1. The maximum atomic E-state index is 6.26. The van der Waals surface area contributed by atoms with Crippen LogP contribution in [0.5, 0.6) is 0 Å². The van der Waals surface area contributed by atoms with Crippen LogP contribution in [0.4, 0.5) is 5.95 Å². The highest BCUT2D eigenvalue weighted by molar-refractivity contribution is 6.35. The number of hydrogen-bond donors (Lipinski definition) is 1. The number of nitrogens with zero attached hydrogens (tertiary/aromatic N) is 6. The number of rotatable bonds is 8. The lowest BCUT2D eigenvalue weighted by Crippen LogP contribution is -2.06. The van der Waals surface area contributed by atoms with Crippen LogP contribution in [-0.2, 0) is 22.6 Å². The molecule has 0 spiro atoms. The SMILES string of the molecule is COCCOCc1cccc(Cn2cc(-c3nc(N)nc4c(Cl)cccc34)nn2)n1. The summed E-state index contributed by atoms with van der Waals surface area (Å²) in [5, 5.41) is 9.73. The molecule has 0 amide bonds. The minimum Gasteiger partial charge on any atom is -0.382 e. The molecule has 1 aromatic carbocycles. The lowest BCUT2D eigenvalue weighted by atomic mass is 10.1. The number of para-hydroxylation sites is 1. The number of methoxy groups -OCH3 is 1. The van der Waals surface area contributed by atoms with Crippen molar-refractivity contribution in [3.63, 3.8) is 0 Å². The van der Waals surface area contributed by atoms with E-state index in [0.717, 1.165) is 16.8 Å². The fraction of sp³-hybridized carbons (Fsp3) is 0.250. The molecular formula is C20H20ClN7O2. The van der Waals surface area contributed by atoms with E-state index in [1.807, 2.05) is 30.3 Å². The summed E-state index contributed by atoms with van der Waals surface area (Å²) in [4.78, 5) is 13.2. The second-order valence-corrected chi connectivity index (χ2v) is 6.94. The molecule has 0 aliphatic rings. The molecule has 0 aliphatic heterocycles. The van der Waals surface area contributed by atoms with Gasteiger partial charge in [-0.1, -0.05) is 35.0 Å². The van der Waals surface area contributed by atoms with Crippen LogP contribution < -0.4 is 5.73 Å². The molecule has 10 heteroatoms. The number of halogens is 1. The Kier molecular flexibility index (Phi) is 6.12. The minimum absolute atomic E-state index is 0.128. The number of nitrogens with two attached hydrogens (primary N) is 1. The summed E-state index contributed by atoms with van der Waals surface area (Å²) in [5.74, 6) is 0.128. The van der Waals surface area contributed by atoms with Gasteiger partial charge in [-0.25, -0.2) is 14.6 Å². The molecule has 4 rings (SSSR count). The Morgan fingerprint density at radius 1 is 1.03 bits per heavy atom. The number of pyridine rings is 1. The van der Waals surface area contributed by atoms with Gasteiger partial charge in [0.25, 0.3) is 0 Å². The van der Waals surface area contributed by atoms with E-state index >= 15 is 0 Å². The van der Waals surface area contributed by atoms with Crippen molar-refractivity contribution in [3.05, 3.63) is 59.0 Å². The zero-order valence-electron chi connectivity index (χ0n) is 16.3. The Bertz CT molecular complexity index is 1170. The van der Waals surface area contributed by atoms with E-state index in [4.69, 9.17) is 26.8 Å². The van der Waals surface area contributed by atoms with Gasteiger partial charge in [0.2, 0.25) is 5.95 Å². The van der Waals surface area contributed by atoms with Gasteiger partial charge in [0.15, 0.2) is 0 Å². The quantitative estimate of drug-likeness (QED) is 0.428. The molecule has 30 heavy (non-hydrogen) atoms. The van der Waals surface area contributed by atoms with E-state index in [1.54, 1.807) is 24.1 Å². The maximum absolute atomic E-state index is 6.26. The van der Waals surface area contributed by atoms with Crippen molar-refractivity contribution >= 4 is 28.5 Å². The van der Waals surface area contributed by atoms with Crippen molar-refractivity contribution in [2.24, 2.45) is 0 Å². The zero-order valence-corrected chi connectivity index (χ0v) is 17.1. The lowest BCUT2D eigenvalue weighted by Gasteiger charge is -2.06. The third kappa shape index (κ3) is 4.54. The zero-order chi connectivity index (χ0) is 20.9. The number of anilines is 1. The minimum atomic E-state index is 0.128. The monoisotopic (exact) mass is 425 g/mol. The second kappa shape index (κ2) is 9.12. The number of hydrogen-bond acceptors (Lipinski definition) is 8. The average Bonchev–Trinajstić information content (AvgIpc) is 3.20. The number of nitrogen functional groups attached to an aromatic ring is 1. The van der Waals surface area contributed by atoms with E-state index in [1.165, 1.54) is 0 Å². The first-order valence-corrected chi connectivity index (χ1v) is 9.65. The molecule has 2 N–H and O–H groups in total. The Morgan fingerprint density at radius 2 is 1.87 bits per heavy atom. The smallest absolute Gasteiger partial charge is 0.221 e. The number of aromatic nitrogens is 6. The fourth-order valence-electron chi connectivity index (χ4n) is 3.00. The van der Waals surface area contributed by atoms with E-state index < -0.39 is 0 Å². The summed E-state index contributed by atoms with van der Waals surface area (Å²) in [7, 11) is 1.64. The first-order valence-electron chi connectivity index (χ1n) is 9.28. The van der Waals surface area contributed by atoms with Crippen molar-refractivity contribution in [2.45, 2.75) is 13.2 Å². The maximum Gasteiger partial charge on any atom is 0.221 e. The van der Waals surface area contributed by atoms with E-state index in [0.29, 0.717) is 48.3 Å². The first-order chi connectivity index (χ1) is 14.6. The van der Waals surface area contributed by atoms with Crippen molar-refractivity contribution in [2.75, 3.05) is 26.1 Å². The molecule has 0 saturated carbocycles. The van der Waals surface area contributed by atoms with Crippen LogP contribution in [0, 0.1) is 0 Å². The predicted octanol–water partition coefficient (Wildman–Crippen LogP) is 2.73. The van der Waals surface area contributed by atoms with Gasteiger partial charge in [0.05, 0.1) is 54.5 Å². The summed E-state index contributed by atoms with van der Waals surface area (Å²) in [5.41, 5.74) is 9.30. The van der Waals surface area contributed by atoms with Crippen LogP contribution >= 0.6 is 11.6 Å². The molecule has 0 saturated heterocycles. The average molecular weight is 426 g/mol.